The highest BCUT2D eigenvalue weighted by Gasteiger charge is 2.48. The van der Waals surface area contributed by atoms with E-state index in [0.29, 0.717) is 0 Å². The van der Waals surface area contributed by atoms with Crippen molar-refractivity contribution in [1.29, 1.82) is 0 Å². The van der Waals surface area contributed by atoms with Gasteiger partial charge in [0.15, 0.2) is 0 Å². The van der Waals surface area contributed by atoms with Crippen LogP contribution >= 0.6 is 15.6 Å². The maximum Gasteiger partial charge on any atom is 0.484 e. The zero-order chi connectivity index (χ0) is 20.5. The van der Waals surface area contributed by atoms with Gasteiger partial charge < -0.3 is 0 Å². The van der Waals surface area contributed by atoms with Crippen molar-refractivity contribution in [2.45, 2.75) is 105 Å². The molecule has 0 heterocycles. The van der Waals surface area contributed by atoms with Gasteiger partial charge in [0, 0.05) is 0 Å². The van der Waals surface area contributed by atoms with E-state index in [-0.39, 0.29) is 0 Å². The van der Waals surface area contributed by atoms with Crippen LogP contribution in [-0.2, 0) is 31.5 Å². The molecule has 0 fully saturated rings. The first-order valence-electron chi connectivity index (χ1n) is 8.28. The Labute approximate surface area is 153 Å². The third-order valence-corrected chi connectivity index (χ3v) is 6.43. The summed E-state index contributed by atoms with van der Waals surface area (Å²) in [6, 6.07) is 0. The minimum atomic E-state index is -4.27. The number of hydrogen-bond donors (Lipinski definition) is 0. The van der Waals surface area contributed by atoms with E-state index in [9.17, 15) is 9.13 Å². The molecule has 0 amide bonds. The highest BCUT2D eigenvalue weighted by atomic mass is 31.3. The van der Waals surface area contributed by atoms with E-state index in [1.54, 1.807) is 83.1 Å². The molecule has 0 rings (SSSR count). The Morgan fingerprint density at radius 3 is 0.720 bits per heavy atom. The average Bonchev–Trinajstić information content (AvgIpc) is 1.97. The second-order valence-corrected chi connectivity index (χ2v) is 13.0. The molecule has 0 aromatic heterocycles. The largest absolute Gasteiger partial charge is 0.484 e. The third kappa shape index (κ3) is 13.1. The fourth-order valence-electron chi connectivity index (χ4n) is 1.57. The Hall–Kier alpha value is 0.260. The number of phosphoric acid groups is 2. The van der Waals surface area contributed by atoms with Crippen LogP contribution in [0.5, 0.6) is 0 Å². The van der Waals surface area contributed by atoms with E-state index >= 15 is 0 Å². The van der Waals surface area contributed by atoms with Crippen molar-refractivity contribution in [3.63, 3.8) is 0 Å². The SMILES string of the molecule is CC(C)(C)OP(=O)(OC(C)(C)C)OP(=O)(OC(C)(C)C)OC(C)(C)C. The van der Waals surface area contributed by atoms with Gasteiger partial charge in [-0.2, -0.15) is 4.31 Å². The fraction of sp³-hybridized carbons (Fsp3) is 1.00. The third-order valence-electron chi connectivity index (χ3n) is 1.74. The van der Waals surface area contributed by atoms with Crippen LogP contribution in [0.4, 0.5) is 0 Å². The summed E-state index contributed by atoms with van der Waals surface area (Å²) in [5.41, 5.74) is -3.46. The Balaban J connectivity index is 5.89. The van der Waals surface area contributed by atoms with Crippen LogP contribution in [0.25, 0.3) is 0 Å². The maximum absolute atomic E-state index is 13.2. The van der Waals surface area contributed by atoms with Crippen molar-refractivity contribution in [3.8, 4) is 0 Å². The molecule has 152 valence electrons. The second kappa shape index (κ2) is 7.71. The zero-order valence-electron chi connectivity index (χ0n) is 17.8. The molecule has 0 saturated carbocycles. The van der Waals surface area contributed by atoms with Gasteiger partial charge in [-0.1, -0.05) is 0 Å². The van der Waals surface area contributed by atoms with Crippen molar-refractivity contribution in [1.82, 2.24) is 0 Å². The van der Waals surface area contributed by atoms with E-state index in [1.165, 1.54) is 0 Å². The Morgan fingerprint density at radius 2 is 0.600 bits per heavy atom. The molecule has 0 aromatic carbocycles. The molecule has 0 aromatic rings. The monoisotopic (exact) mass is 402 g/mol. The van der Waals surface area contributed by atoms with E-state index < -0.39 is 38.0 Å². The summed E-state index contributed by atoms with van der Waals surface area (Å²) in [7, 11) is -8.54. The van der Waals surface area contributed by atoms with Gasteiger partial charge >= 0.3 is 15.6 Å². The summed E-state index contributed by atoms with van der Waals surface area (Å²) in [5, 5.41) is 0. The summed E-state index contributed by atoms with van der Waals surface area (Å²) >= 11 is 0. The first kappa shape index (κ1) is 25.3. The summed E-state index contributed by atoms with van der Waals surface area (Å²) < 4.78 is 53.8. The molecular formula is C16H36O7P2. The van der Waals surface area contributed by atoms with Crippen molar-refractivity contribution in [2.24, 2.45) is 0 Å². The summed E-state index contributed by atoms with van der Waals surface area (Å²) in [4.78, 5) is 0. The molecule has 7 nitrogen and oxygen atoms in total. The first-order chi connectivity index (χ1) is 10.5. The van der Waals surface area contributed by atoms with Gasteiger partial charge in [0.05, 0.1) is 22.4 Å². The van der Waals surface area contributed by atoms with E-state index in [4.69, 9.17) is 22.4 Å². The van der Waals surface area contributed by atoms with Gasteiger partial charge in [-0.3, -0.25) is 18.1 Å². The second-order valence-electron chi connectivity index (χ2n) is 9.79. The lowest BCUT2D eigenvalue weighted by Crippen LogP contribution is -2.27. The standard InChI is InChI=1S/C16H36O7P2/c1-13(2,3)19-24(17,20-14(4,5)6)23-25(18,21-15(7,8)9)22-16(10,11)12/h1-12H3. The highest BCUT2D eigenvalue weighted by molar-refractivity contribution is 7.62. The number of phosphoric ester groups is 2. The zero-order valence-corrected chi connectivity index (χ0v) is 19.5. The van der Waals surface area contributed by atoms with Gasteiger partial charge in [-0.05, 0) is 83.1 Å². The van der Waals surface area contributed by atoms with Gasteiger partial charge in [-0.15, -0.1) is 0 Å². The van der Waals surface area contributed by atoms with Crippen LogP contribution in [0.1, 0.15) is 83.1 Å². The molecule has 9 heteroatoms. The van der Waals surface area contributed by atoms with E-state index in [0.717, 1.165) is 0 Å². The summed E-state index contributed by atoms with van der Waals surface area (Å²) in [5.74, 6) is 0. The molecule has 0 N–H and O–H groups in total. The maximum atomic E-state index is 13.2. The van der Waals surface area contributed by atoms with Crippen LogP contribution in [0.2, 0.25) is 0 Å². The van der Waals surface area contributed by atoms with E-state index in [2.05, 4.69) is 0 Å². The highest BCUT2D eigenvalue weighted by Crippen LogP contribution is 2.70. The van der Waals surface area contributed by atoms with Gasteiger partial charge in [0.1, 0.15) is 0 Å². The van der Waals surface area contributed by atoms with Gasteiger partial charge in [0.25, 0.3) is 0 Å². The summed E-state index contributed by atoms with van der Waals surface area (Å²) in [6.45, 7) is 20.3. The normalized spacial score (nSPS) is 15.5. The minimum absolute atomic E-state index is 0.866. The van der Waals surface area contributed by atoms with Gasteiger partial charge in [0.2, 0.25) is 0 Å². The fourth-order valence-corrected chi connectivity index (χ4v) is 5.84. The van der Waals surface area contributed by atoms with Crippen LogP contribution in [-0.4, -0.2) is 22.4 Å². The molecule has 0 unspecified atom stereocenters. The Morgan fingerprint density at radius 1 is 0.440 bits per heavy atom. The molecular weight excluding hydrogens is 366 g/mol. The molecule has 0 aliphatic rings. The molecule has 0 bridgehead atoms. The van der Waals surface area contributed by atoms with Gasteiger partial charge in [-0.25, -0.2) is 9.13 Å². The topological polar surface area (TPSA) is 80.3 Å². The average molecular weight is 402 g/mol. The predicted octanol–water partition coefficient (Wildman–Crippen LogP) is 6.48. The first-order valence-corrected chi connectivity index (χ1v) is 11.2. The lowest BCUT2D eigenvalue weighted by atomic mass is 10.2. The van der Waals surface area contributed by atoms with Crippen LogP contribution < -0.4 is 0 Å². The van der Waals surface area contributed by atoms with Crippen molar-refractivity contribution in [3.05, 3.63) is 0 Å². The van der Waals surface area contributed by atoms with Crippen molar-refractivity contribution in [2.75, 3.05) is 0 Å². The lowest BCUT2D eigenvalue weighted by molar-refractivity contribution is -0.00924. The quantitative estimate of drug-likeness (QED) is 0.470. The molecule has 0 atom stereocenters. The molecule has 25 heavy (non-hydrogen) atoms. The minimum Gasteiger partial charge on any atom is -0.281 e. The lowest BCUT2D eigenvalue weighted by Gasteiger charge is -2.35. The molecule has 0 radical (unpaired) electrons. The molecule has 0 spiro atoms. The summed E-state index contributed by atoms with van der Waals surface area (Å²) in [6.07, 6.45) is 0. The molecule has 0 saturated heterocycles. The molecule has 0 aliphatic carbocycles. The Bertz CT molecular complexity index is 443. The smallest absolute Gasteiger partial charge is 0.281 e. The Kier molecular flexibility index (Phi) is 7.79. The van der Waals surface area contributed by atoms with Crippen molar-refractivity contribution < 1.29 is 31.5 Å². The number of hydrogen-bond acceptors (Lipinski definition) is 7. The van der Waals surface area contributed by atoms with Crippen LogP contribution in [0, 0.1) is 0 Å². The number of rotatable bonds is 6. The van der Waals surface area contributed by atoms with E-state index in [1.807, 2.05) is 0 Å². The van der Waals surface area contributed by atoms with Crippen LogP contribution in [0.3, 0.4) is 0 Å². The predicted molar refractivity (Wildman–Crippen MR) is 99.7 cm³/mol. The van der Waals surface area contributed by atoms with Crippen molar-refractivity contribution >= 4 is 15.6 Å². The van der Waals surface area contributed by atoms with Crippen LogP contribution in [0.15, 0.2) is 0 Å². The molecule has 0 aliphatic heterocycles.